The first-order valence-electron chi connectivity index (χ1n) is 7.57. The summed E-state index contributed by atoms with van der Waals surface area (Å²) in [5.74, 6) is 1.31. The van der Waals surface area contributed by atoms with Gasteiger partial charge in [-0.05, 0) is 48.0 Å². The molecule has 120 valence electrons. The predicted molar refractivity (Wildman–Crippen MR) is 93.9 cm³/mol. The Hall–Kier alpha value is -2.66. The summed E-state index contributed by atoms with van der Waals surface area (Å²) >= 11 is 1.55. The lowest BCUT2D eigenvalue weighted by Crippen LogP contribution is -2.15. The number of hydrogen-bond acceptors (Lipinski definition) is 4. The van der Waals surface area contributed by atoms with Crippen molar-refractivity contribution in [1.82, 2.24) is 4.98 Å². The number of hydrogen-bond donors (Lipinski definition) is 0. The normalized spacial score (nSPS) is 13.4. The second-order valence-corrected chi connectivity index (χ2v) is 6.20. The van der Waals surface area contributed by atoms with Crippen molar-refractivity contribution >= 4 is 23.5 Å². The van der Waals surface area contributed by atoms with Crippen molar-refractivity contribution in [2.24, 2.45) is 0 Å². The van der Waals surface area contributed by atoms with E-state index in [0.717, 1.165) is 33.3 Å². The number of ether oxygens (including phenoxy) is 2. The average molecular weight is 339 g/mol. The van der Waals surface area contributed by atoms with Gasteiger partial charge in [0.15, 0.2) is 11.5 Å². The number of nitrogens with zero attached hydrogens (tertiary/aromatic N) is 1. The van der Waals surface area contributed by atoms with Crippen LogP contribution in [0.5, 0.6) is 11.5 Å². The van der Waals surface area contributed by atoms with E-state index in [1.165, 1.54) is 12.1 Å². The summed E-state index contributed by atoms with van der Waals surface area (Å²) in [5.41, 5.74) is 2.78. The third-order valence-corrected chi connectivity index (χ3v) is 4.46. The second-order valence-electron chi connectivity index (χ2n) is 5.31. The highest BCUT2D eigenvalue weighted by Crippen LogP contribution is 2.31. The van der Waals surface area contributed by atoms with Gasteiger partial charge in [0, 0.05) is 10.9 Å². The Morgan fingerprint density at radius 2 is 1.75 bits per heavy atom. The summed E-state index contributed by atoms with van der Waals surface area (Å²) in [6, 6.07) is 12.2. The first-order valence-corrected chi connectivity index (χ1v) is 8.45. The molecule has 1 aliphatic heterocycles. The minimum atomic E-state index is -0.243. The summed E-state index contributed by atoms with van der Waals surface area (Å²) in [6.07, 6.45) is 3.95. The zero-order chi connectivity index (χ0) is 16.4. The van der Waals surface area contributed by atoms with Crippen LogP contribution in [0.25, 0.3) is 23.4 Å². The highest BCUT2D eigenvalue weighted by molar-refractivity contribution is 7.10. The predicted octanol–water partition coefficient (Wildman–Crippen LogP) is 4.89. The summed E-state index contributed by atoms with van der Waals surface area (Å²) in [5, 5.41) is 2.86. The Bertz CT molecular complexity index is 887. The third-order valence-electron chi connectivity index (χ3n) is 3.65. The fourth-order valence-electron chi connectivity index (χ4n) is 2.45. The molecule has 0 fully saturated rings. The van der Waals surface area contributed by atoms with E-state index >= 15 is 0 Å². The molecule has 0 saturated heterocycles. The molecule has 0 unspecified atom stereocenters. The van der Waals surface area contributed by atoms with E-state index in [9.17, 15) is 4.39 Å². The Balaban J connectivity index is 1.53. The molecule has 5 heteroatoms. The largest absolute Gasteiger partial charge is 0.486 e. The quantitative estimate of drug-likeness (QED) is 0.681. The van der Waals surface area contributed by atoms with Crippen molar-refractivity contribution in [1.29, 1.82) is 0 Å². The second kappa shape index (κ2) is 6.45. The van der Waals surface area contributed by atoms with Gasteiger partial charge in [-0.25, -0.2) is 9.37 Å². The molecule has 0 radical (unpaired) electrons. The van der Waals surface area contributed by atoms with Crippen LogP contribution < -0.4 is 9.47 Å². The first-order chi connectivity index (χ1) is 11.8. The van der Waals surface area contributed by atoms with E-state index in [2.05, 4.69) is 4.98 Å². The van der Waals surface area contributed by atoms with Crippen LogP contribution >= 0.6 is 11.3 Å². The van der Waals surface area contributed by atoms with E-state index < -0.39 is 0 Å². The number of thiazole rings is 1. The third kappa shape index (κ3) is 3.16. The smallest absolute Gasteiger partial charge is 0.161 e. The molecule has 3 aromatic rings. The highest BCUT2D eigenvalue weighted by atomic mass is 32.1. The number of rotatable bonds is 3. The van der Waals surface area contributed by atoms with Gasteiger partial charge in [-0.1, -0.05) is 12.1 Å². The van der Waals surface area contributed by atoms with E-state index in [0.29, 0.717) is 13.2 Å². The van der Waals surface area contributed by atoms with Gasteiger partial charge in [0.05, 0.1) is 5.69 Å². The number of halogens is 1. The summed E-state index contributed by atoms with van der Waals surface area (Å²) in [4.78, 5) is 4.57. The molecule has 0 aliphatic carbocycles. The van der Waals surface area contributed by atoms with Crippen molar-refractivity contribution < 1.29 is 13.9 Å². The standard InChI is InChI=1S/C19H14FNO2S/c20-15-5-3-14(4-6-15)16-12-24-19(21-16)8-2-13-1-7-17-18(11-13)23-10-9-22-17/h1-8,11-12H,9-10H2/b8-2+. The molecule has 0 bridgehead atoms. The SMILES string of the molecule is Fc1ccc(-c2csc(/C=C/c3ccc4c(c3)OCCO4)n2)cc1. The van der Waals surface area contributed by atoms with Gasteiger partial charge in [-0.3, -0.25) is 0 Å². The van der Waals surface area contributed by atoms with Gasteiger partial charge in [0.1, 0.15) is 24.0 Å². The van der Waals surface area contributed by atoms with Crippen molar-refractivity contribution in [3.63, 3.8) is 0 Å². The molecule has 3 nitrogen and oxygen atoms in total. The van der Waals surface area contributed by atoms with Crippen molar-refractivity contribution in [3.05, 3.63) is 64.2 Å². The summed E-state index contributed by atoms with van der Waals surface area (Å²) in [7, 11) is 0. The van der Waals surface area contributed by atoms with Gasteiger partial charge >= 0.3 is 0 Å². The lowest BCUT2D eigenvalue weighted by molar-refractivity contribution is 0.171. The lowest BCUT2D eigenvalue weighted by atomic mass is 10.1. The summed E-state index contributed by atoms with van der Waals surface area (Å²) in [6.45, 7) is 1.17. The van der Waals surface area contributed by atoms with Crippen molar-refractivity contribution in [3.8, 4) is 22.8 Å². The highest BCUT2D eigenvalue weighted by Gasteiger charge is 2.10. The Labute approximate surface area is 143 Å². The maximum absolute atomic E-state index is 13.0. The molecule has 2 heterocycles. The molecule has 0 amide bonds. The van der Waals surface area contributed by atoms with Crippen LogP contribution in [0.4, 0.5) is 4.39 Å². The minimum absolute atomic E-state index is 0.243. The van der Waals surface area contributed by atoms with E-state index in [1.54, 1.807) is 23.5 Å². The minimum Gasteiger partial charge on any atom is -0.486 e. The van der Waals surface area contributed by atoms with E-state index in [4.69, 9.17) is 9.47 Å². The first kappa shape index (κ1) is 14.9. The van der Waals surface area contributed by atoms with Gasteiger partial charge < -0.3 is 9.47 Å². The zero-order valence-electron chi connectivity index (χ0n) is 12.7. The van der Waals surface area contributed by atoms with Gasteiger partial charge in [0.25, 0.3) is 0 Å². The van der Waals surface area contributed by atoms with Gasteiger partial charge in [-0.2, -0.15) is 0 Å². The molecule has 2 aromatic carbocycles. The molecule has 4 rings (SSSR count). The molecule has 0 N–H and O–H groups in total. The van der Waals surface area contributed by atoms with Crippen LogP contribution in [0.3, 0.4) is 0 Å². The summed E-state index contributed by atoms with van der Waals surface area (Å²) < 4.78 is 24.1. The molecule has 1 aliphatic rings. The monoisotopic (exact) mass is 339 g/mol. The van der Waals surface area contributed by atoms with Gasteiger partial charge in [-0.15, -0.1) is 11.3 Å². The topological polar surface area (TPSA) is 31.4 Å². The van der Waals surface area contributed by atoms with Crippen LogP contribution in [0.1, 0.15) is 10.6 Å². The Kier molecular flexibility index (Phi) is 4.01. The fourth-order valence-corrected chi connectivity index (χ4v) is 3.17. The Morgan fingerprint density at radius 3 is 2.58 bits per heavy atom. The lowest BCUT2D eigenvalue weighted by Gasteiger charge is -2.18. The van der Waals surface area contributed by atoms with Crippen molar-refractivity contribution in [2.45, 2.75) is 0 Å². The molecule has 0 spiro atoms. The molecular formula is C19H14FNO2S. The van der Waals surface area contributed by atoms with Crippen LogP contribution in [-0.2, 0) is 0 Å². The fraction of sp³-hybridized carbons (Fsp3) is 0.105. The number of benzene rings is 2. The van der Waals surface area contributed by atoms with Crippen LogP contribution in [0, 0.1) is 5.82 Å². The van der Waals surface area contributed by atoms with Gasteiger partial charge in [0.2, 0.25) is 0 Å². The zero-order valence-corrected chi connectivity index (χ0v) is 13.6. The molecule has 1 aromatic heterocycles. The number of fused-ring (bicyclic) bond motifs is 1. The maximum Gasteiger partial charge on any atom is 0.161 e. The molecule has 0 atom stereocenters. The van der Waals surface area contributed by atoms with Crippen LogP contribution in [0.2, 0.25) is 0 Å². The average Bonchev–Trinajstić information content (AvgIpc) is 3.09. The van der Waals surface area contributed by atoms with Crippen molar-refractivity contribution in [2.75, 3.05) is 13.2 Å². The molecule has 0 saturated carbocycles. The maximum atomic E-state index is 13.0. The van der Waals surface area contributed by atoms with Crippen LogP contribution in [-0.4, -0.2) is 18.2 Å². The number of aromatic nitrogens is 1. The molecule has 24 heavy (non-hydrogen) atoms. The van der Waals surface area contributed by atoms with Crippen LogP contribution in [0.15, 0.2) is 47.8 Å². The Morgan fingerprint density at radius 1 is 0.958 bits per heavy atom. The van der Waals surface area contributed by atoms with E-state index in [-0.39, 0.29) is 5.82 Å². The van der Waals surface area contributed by atoms with E-state index in [1.807, 2.05) is 35.7 Å². The molecular weight excluding hydrogens is 325 g/mol.